The number of nitrogens with zero attached hydrogens (tertiary/aromatic N) is 2. The molecule has 1 atom stereocenters. The topological polar surface area (TPSA) is 61.6 Å². The summed E-state index contributed by atoms with van der Waals surface area (Å²) in [5.74, 6) is -0.102. The van der Waals surface area contributed by atoms with Crippen molar-refractivity contribution in [3.63, 3.8) is 0 Å². The van der Waals surface area contributed by atoms with Gasteiger partial charge in [-0.1, -0.05) is 6.92 Å². The van der Waals surface area contributed by atoms with E-state index < -0.39 is 0 Å². The van der Waals surface area contributed by atoms with E-state index in [2.05, 4.69) is 29.0 Å². The van der Waals surface area contributed by atoms with E-state index in [9.17, 15) is 4.79 Å². The normalized spacial score (nSPS) is 17.6. The quantitative estimate of drug-likeness (QED) is 0.826. The van der Waals surface area contributed by atoms with Gasteiger partial charge in [-0.05, 0) is 31.5 Å². The van der Waals surface area contributed by atoms with Gasteiger partial charge in [0.25, 0.3) is 5.91 Å². The summed E-state index contributed by atoms with van der Waals surface area (Å²) in [6, 6.07) is 6.19. The van der Waals surface area contributed by atoms with Crippen molar-refractivity contribution < 1.29 is 4.79 Å². The van der Waals surface area contributed by atoms with Crippen molar-refractivity contribution in [3.8, 4) is 0 Å². The van der Waals surface area contributed by atoms with Gasteiger partial charge in [0.15, 0.2) is 0 Å². The van der Waals surface area contributed by atoms with E-state index in [0.717, 1.165) is 31.9 Å². The standard InChI is InChI=1S/C16H26N4O/c1-4-12(2)19-7-9-20(10-8-19)15-6-5-13(11-14(15)17)16(21)18-3/h5-6,11-12H,4,7-10,17H2,1-3H3,(H,18,21). The number of hydrogen-bond donors (Lipinski definition) is 2. The fourth-order valence-electron chi connectivity index (χ4n) is 2.79. The van der Waals surface area contributed by atoms with Crippen LogP contribution in [0.15, 0.2) is 18.2 Å². The molecule has 1 fully saturated rings. The molecule has 0 spiro atoms. The fourth-order valence-corrected chi connectivity index (χ4v) is 2.79. The molecule has 0 aliphatic carbocycles. The molecule has 1 saturated heterocycles. The van der Waals surface area contributed by atoms with Gasteiger partial charge in [0.1, 0.15) is 0 Å². The number of hydrogen-bond acceptors (Lipinski definition) is 4. The first-order valence-electron chi connectivity index (χ1n) is 7.67. The van der Waals surface area contributed by atoms with Gasteiger partial charge in [-0.25, -0.2) is 0 Å². The lowest BCUT2D eigenvalue weighted by molar-refractivity contribution is 0.0963. The van der Waals surface area contributed by atoms with E-state index in [1.165, 1.54) is 6.42 Å². The molecule has 3 N–H and O–H groups in total. The first-order chi connectivity index (χ1) is 10.1. The SMILES string of the molecule is CCC(C)N1CCN(c2ccc(C(=O)NC)cc2N)CC1. The zero-order valence-electron chi connectivity index (χ0n) is 13.2. The second-order valence-electron chi connectivity index (χ2n) is 5.63. The zero-order valence-corrected chi connectivity index (χ0v) is 13.2. The van der Waals surface area contributed by atoms with E-state index in [1.807, 2.05) is 12.1 Å². The van der Waals surface area contributed by atoms with Gasteiger partial charge in [0.05, 0.1) is 11.4 Å². The van der Waals surface area contributed by atoms with E-state index in [-0.39, 0.29) is 5.91 Å². The highest BCUT2D eigenvalue weighted by Crippen LogP contribution is 2.26. The van der Waals surface area contributed by atoms with Crippen LogP contribution in [0.4, 0.5) is 11.4 Å². The predicted molar refractivity (Wildman–Crippen MR) is 87.8 cm³/mol. The average molecular weight is 290 g/mol. The van der Waals surface area contributed by atoms with Crippen LogP contribution in [0, 0.1) is 0 Å². The van der Waals surface area contributed by atoms with Crippen LogP contribution >= 0.6 is 0 Å². The molecular weight excluding hydrogens is 264 g/mol. The van der Waals surface area contributed by atoms with Crippen LogP contribution in [0.2, 0.25) is 0 Å². The Labute approximate surface area is 127 Å². The van der Waals surface area contributed by atoms with Crippen LogP contribution in [0.5, 0.6) is 0 Å². The molecule has 21 heavy (non-hydrogen) atoms. The number of rotatable bonds is 4. The molecular formula is C16H26N4O. The Morgan fingerprint density at radius 2 is 2.00 bits per heavy atom. The molecule has 1 aromatic carbocycles. The number of piperazine rings is 1. The first kappa shape index (κ1) is 15.6. The number of nitrogen functional groups attached to an aromatic ring is 1. The van der Waals surface area contributed by atoms with Crippen LogP contribution in [-0.2, 0) is 0 Å². The molecule has 0 bridgehead atoms. The van der Waals surface area contributed by atoms with Crippen molar-refractivity contribution >= 4 is 17.3 Å². The largest absolute Gasteiger partial charge is 0.397 e. The molecule has 5 heteroatoms. The third kappa shape index (κ3) is 3.47. The lowest BCUT2D eigenvalue weighted by Gasteiger charge is -2.39. The van der Waals surface area contributed by atoms with Crippen molar-refractivity contribution in [3.05, 3.63) is 23.8 Å². The Kier molecular flexibility index (Phi) is 5.07. The summed E-state index contributed by atoms with van der Waals surface area (Å²) in [7, 11) is 1.63. The molecule has 1 unspecified atom stereocenters. The Hall–Kier alpha value is -1.75. The summed E-state index contributed by atoms with van der Waals surface area (Å²) in [5, 5.41) is 2.62. The molecule has 1 amide bonds. The summed E-state index contributed by atoms with van der Waals surface area (Å²) in [4.78, 5) is 16.4. The van der Waals surface area contributed by atoms with Gasteiger partial charge in [-0.3, -0.25) is 9.69 Å². The van der Waals surface area contributed by atoms with Crippen molar-refractivity contribution in [1.29, 1.82) is 0 Å². The van der Waals surface area contributed by atoms with Gasteiger partial charge in [-0.15, -0.1) is 0 Å². The molecule has 0 aromatic heterocycles. The second kappa shape index (κ2) is 6.80. The summed E-state index contributed by atoms with van der Waals surface area (Å²) in [6.45, 7) is 8.59. The van der Waals surface area contributed by atoms with Crippen molar-refractivity contribution in [2.75, 3.05) is 43.9 Å². The molecule has 1 aliphatic rings. The van der Waals surface area contributed by atoms with E-state index in [4.69, 9.17) is 5.73 Å². The molecule has 1 aliphatic heterocycles. The number of amides is 1. The van der Waals surface area contributed by atoms with Gasteiger partial charge >= 0.3 is 0 Å². The van der Waals surface area contributed by atoms with Gasteiger partial charge < -0.3 is 16.0 Å². The van der Waals surface area contributed by atoms with Crippen molar-refractivity contribution in [1.82, 2.24) is 10.2 Å². The van der Waals surface area contributed by atoms with E-state index in [1.54, 1.807) is 13.1 Å². The number of nitrogens with one attached hydrogen (secondary N) is 1. The number of anilines is 2. The lowest BCUT2D eigenvalue weighted by Crippen LogP contribution is -2.49. The third-order valence-electron chi connectivity index (χ3n) is 4.39. The molecule has 5 nitrogen and oxygen atoms in total. The lowest BCUT2D eigenvalue weighted by atomic mass is 10.1. The van der Waals surface area contributed by atoms with Crippen LogP contribution in [0.1, 0.15) is 30.6 Å². The van der Waals surface area contributed by atoms with Gasteiger partial charge in [0.2, 0.25) is 0 Å². The zero-order chi connectivity index (χ0) is 15.4. The average Bonchev–Trinajstić information content (AvgIpc) is 2.53. The van der Waals surface area contributed by atoms with Crippen LogP contribution in [-0.4, -0.2) is 50.1 Å². The number of carbonyl (C=O) groups excluding carboxylic acids is 1. The van der Waals surface area contributed by atoms with Crippen LogP contribution in [0.25, 0.3) is 0 Å². The third-order valence-corrected chi connectivity index (χ3v) is 4.39. The number of carbonyl (C=O) groups is 1. The highest BCUT2D eigenvalue weighted by molar-refractivity contribution is 5.96. The second-order valence-corrected chi connectivity index (χ2v) is 5.63. The van der Waals surface area contributed by atoms with E-state index >= 15 is 0 Å². The van der Waals surface area contributed by atoms with E-state index in [0.29, 0.717) is 17.3 Å². The molecule has 1 aromatic rings. The predicted octanol–water partition coefficient (Wildman–Crippen LogP) is 1.55. The highest BCUT2D eigenvalue weighted by Gasteiger charge is 2.21. The van der Waals surface area contributed by atoms with Crippen LogP contribution < -0.4 is 16.0 Å². The maximum atomic E-state index is 11.6. The summed E-state index contributed by atoms with van der Waals surface area (Å²) >= 11 is 0. The summed E-state index contributed by atoms with van der Waals surface area (Å²) < 4.78 is 0. The molecule has 0 radical (unpaired) electrons. The molecule has 1 heterocycles. The minimum absolute atomic E-state index is 0.102. The van der Waals surface area contributed by atoms with Crippen molar-refractivity contribution in [2.45, 2.75) is 26.3 Å². The smallest absolute Gasteiger partial charge is 0.251 e. The van der Waals surface area contributed by atoms with Gasteiger partial charge in [-0.2, -0.15) is 0 Å². The minimum atomic E-state index is -0.102. The molecule has 2 rings (SSSR count). The Balaban J connectivity index is 2.05. The Bertz CT molecular complexity index is 495. The maximum absolute atomic E-state index is 11.6. The number of benzene rings is 1. The highest BCUT2D eigenvalue weighted by atomic mass is 16.1. The monoisotopic (exact) mass is 290 g/mol. The first-order valence-corrected chi connectivity index (χ1v) is 7.67. The maximum Gasteiger partial charge on any atom is 0.251 e. The minimum Gasteiger partial charge on any atom is -0.397 e. The van der Waals surface area contributed by atoms with Crippen LogP contribution in [0.3, 0.4) is 0 Å². The Morgan fingerprint density at radius 3 is 2.52 bits per heavy atom. The van der Waals surface area contributed by atoms with Gasteiger partial charge in [0, 0.05) is 44.8 Å². The summed E-state index contributed by atoms with van der Waals surface area (Å²) in [6.07, 6.45) is 1.18. The molecule has 116 valence electrons. The number of nitrogens with two attached hydrogens (primary N) is 1. The Morgan fingerprint density at radius 1 is 1.33 bits per heavy atom. The molecule has 0 saturated carbocycles. The fraction of sp³-hybridized carbons (Fsp3) is 0.562. The summed E-state index contributed by atoms with van der Waals surface area (Å²) in [5.41, 5.74) is 8.45. The van der Waals surface area contributed by atoms with Crippen molar-refractivity contribution in [2.24, 2.45) is 0 Å².